The van der Waals surface area contributed by atoms with Gasteiger partial charge >= 0.3 is 5.97 Å². The Hall–Kier alpha value is -2.24. The Morgan fingerprint density at radius 1 is 1.30 bits per heavy atom. The highest BCUT2D eigenvalue weighted by atomic mass is 16.5. The van der Waals surface area contributed by atoms with E-state index >= 15 is 0 Å². The fraction of sp³-hybridized carbons (Fsp3) is 0.429. The third-order valence-corrected chi connectivity index (χ3v) is 3.00. The van der Waals surface area contributed by atoms with Crippen LogP contribution >= 0.6 is 0 Å². The monoisotopic (exact) mass is 279 g/mol. The number of esters is 1. The third kappa shape index (κ3) is 3.63. The van der Waals surface area contributed by atoms with Crippen molar-refractivity contribution in [1.29, 1.82) is 0 Å². The van der Waals surface area contributed by atoms with Gasteiger partial charge in [0.1, 0.15) is 0 Å². The summed E-state index contributed by atoms with van der Waals surface area (Å²) in [6, 6.07) is 4.89. The lowest BCUT2D eigenvalue weighted by atomic mass is 10.1. The van der Waals surface area contributed by atoms with Crippen molar-refractivity contribution in [3.63, 3.8) is 0 Å². The van der Waals surface area contributed by atoms with Crippen LogP contribution in [0, 0.1) is 0 Å². The molecular formula is C14H21N3O3. The van der Waals surface area contributed by atoms with Crippen LogP contribution in [0.15, 0.2) is 18.2 Å². The molecule has 1 aromatic carbocycles. The van der Waals surface area contributed by atoms with Gasteiger partial charge in [-0.3, -0.25) is 4.79 Å². The average Bonchev–Trinajstić information content (AvgIpc) is 2.44. The SMILES string of the molecule is CCN(CC(=O)N(C)C)c1cc(C(=O)OC)ccc1N. The molecule has 0 atom stereocenters. The predicted octanol–water partition coefficient (Wildman–Crippen LogP) is 0.970. The molecule has 20 heavy (non-hydrogen) atoms. The quantitative estimate of drug-likeness (QED) is 0.642. The number of hydrogen-bond acceptors (Lipinski definition) is 5. The van der Waals surface area contributed by atoms with Crippen molar-refractivity contribution >= 4 is 23.3 Å². The number of amides is 1. The van der Waals surface area contributed by atoms with Gasteiger partial charge in [-0.2, -0.15) is 0 Å². The van der Waals surface area contributed by atoms with Crippen LogP contribution in [0.4, 0.5) is 11.4 Å². The maximum Gasteiger partial charge on any atom is 0.337 e. The van der Waals surface area contributed by atoms with E-state index < -0.39 is 5.97 Å². The van der Waals surface area contributed by atoms with E-state index in [0.29, 0.717) is 23.5 Å². The van der Waals surface area contributed by atoms with Gasteiger partial charge in [0.2, 0.25) is 5.91 Å². The van der Waals surface area contributed by atoms with Gasteiger partial charge in [-0.1, -0.05) is 0 Å². The minimum absolute atomic E-state index is 0.0327. The zero-order chi connectivity index (χ0) is 15.3. The van der Waals surface area contributed by atoms with Gasteiger partial charge in [-0.15, -0.1) is 0 Å². The molecule has 110 valence electrons. The highest BCUT2D eigenvalue weighted by Gasteiger charge is 2.16. The van der Waals surface area contributed by atoms with E-state index in [1.165, 1.54) is 12.0 Å². The van der Waals surface area contributed by atoms with Gasteiger partial charge in [0.25, 0.3) is 0 Å². The number of benzene rings is 1. The Kier molecular flexibility index (Phi) is 5.37. The summed E-state index contributed by atoms with van der Waals surface area (Å²) in [6.45, 7) is 2.74. The molecule has 0 aliphatic heterocycles. The van der Waals surface area contributed by atoms with Crippen LogP contribution in [0.2, 0.25) is 0 Å². The van der Waals surface area contributed by atoms with E-state index in [0.717, 1.165) is 0 Å². The summed E-state index contributed by atoms with van der Waals surface area (Å²) in [6.07, 6.45) is 0. The van der Waals surface area contributed by atoms with Gasteiger partial charge in [0, 0.05) is 20.6 Å². The second-order valence-corrected chi connectivity index (χ2v) is 4.57. The normalized spacial score (nSPS) is 10.0. The molecule has 0 unspecified atom stereocenters. The number of nitrogen functional groups attached to an aromatic ring is 1. The van der Waals surface area contributed by atoms with Crippen LogP contribution in [-0.2, 0) is 9.53 Å². The first-order valence-corrected chi connectivity index (χ1v) is 6.33. The van der Waals surface area contributed by atoms with Crippen molar-refractivity contribution in [3.8, 4) is 0 Å². The summed E-state index contributed by atoms with van der Waals surface area (Å²) in [7, 11) is 4.72. The number of carbonyl (C=O) groups is 2. The average molecular weight is 279 g/mol. The number of anilines is 2. The Morgan fingerprint density at radius 3 is 2.45 bits per heavy atom. The highest BCUT2D eigenvalue weighted by molar-refractivity contribution is 5.92. The van der Waals surface area contributed by atoms with Crippen molar-refractivity contribution in [2.45, 2.75) is 6.92 Å². The Labute approximate surface area is 119 Å². The molecule has 0 fully saturated rings. The molecule has 6 heteroatoms. The molecular weight excluding hydrogens is 258 g/mol. The van der Waals surface area contributed by atoms with E-state index in [-0.39, 0.29) is 12.5 Å². The molecule has 0 heterocycles. The molecule has 1 amide bonds. The minimum atomic E-state index is -0.429. The van der Waals surface area contributed by atoms with E-state index in [1.54, 1.807) is 32.3 Å². The summed E-state index contributed by atoms with van der Waals surface area (Å²) in [5.74, 6) is -0.462. The van der Waals surface area contributed by atoms with E-state index in [2.05, 4.69) is 0 Å². The second-order valence-electron chi connectivity index (χ2n) is 4.57. The topological polar surface area (TPSA) is 75.9 Å². The summed E-state index contributed by atoms with van der Waals surface area (Å²) in [5.41, 5.74) is 7.53. The lowest BCUT2D eigenvalue weighted by molar-refractivity contribution is -0.127. The van der Waals surface area contributed by atoms with Crippen molar-refractivity contribution in [2.24, 2.45) is 0 Å². The van der Waals surface area contributed by atoms with E-state index in [4.69, 9.17) is 10.5 Å². The van der Waals surface area contributed by atoms with Crippen LogP contribution in [0.5, 0.6) is 0 Å². The zero-order valence-corrected chi connectivity index (χ0v) is 12.3. The third-order valence-electron chi connectivity index (χ3n) is 3.00. The molecule has 0 aliphatic rings. The molecule has 6 nitrogen and oxygen atoms in total. The summed E-state index contributed by atoms with van der Waals surface area (Å²) in [4.78, 5) is 26.7. The molecule has 0 saturated heterocycles. The molecule has 2 N–H and O–H groups in total. The number of likely N-dealkylation sites (N-methyl/N-ethyl adjacent to an activating group) is 2. The van der Waals surface area contributed by atoms with Gasteiger partial charge in [-0.25, -0.2) is 4.79 Å². The van der Waals surface area contributed by atoms with Gasteiger partial charge < -0.3 is 20.3 Å². The molecule has 0 radical (unpaired) electrons. The molecule has 1 aromatic rings. The fourth-order valence-electron chi connectivity index (χ4n) is 1.73. The van der Waals surface area contributed by atoms with E-state index in [1.807, 2.05) is 11.8 Å². The van der Waals surface area contributed by atoms with E-state index in [9.17, 15) is 9.59 Å². The molecule has 0 aliphatic carbocycles. The van der Waals surface area contributed by atoms with Crippen molar-refractivity contribution in [1.82, 2.24) is 4.90 Å². The molecule has 1 rings (SSSR count). The number of ether oxygens (including phenoxy) is 1. The smallest absolute Gasteiger partial charge is 0.337 e. The predicted molar refractivity (Wildman–Crippen MR) is 78.8 cm³/mol. The highest BCUT2D eigenvalue weighted by Crippen LogP contribution is 2.25. The van der Waals surface area contributed by atoms with Gasteiger partial charge in [0.05, 0.1) is 30.6 Å². The summed E-state index contributed by atoms with van der Waals surface area (Å²) in [5, 5.41) is 0. The van der Waals surface area contributed by atoms with Gasteiger partial charge in [-0.05, 0) is 25.1 Å². The fourth-order valence-corrected chi connectivity index (χ4v) is 1.73. The molecule has 0 aromatic heterocycles. The lowest BCUT2D eigenvalue weighted by Crippen LogP contribution is -2.37. The van der Waals surface area contributed by atoms with Crippen LogP contribution in [0.25, 0.3) is 0 Å². The largest absolute Gasteiger partial charge is 0.465 e. The Bertz CT molecular complexity index is 500. The first-order chi connectivity index (χ1) is 9.40. The molecule has 0 spiro atoms. The zero-order valence-electron chi connectivity index (χ0n) is 12.3. The van der Waals surface area contributed by atoms with Crippen LogP contribution in [-0.4, -0.2) is 51.1 Å². The van der Waals surface area contributed by atoms with Crippen LogP contribution in [0.1, 0.15) is 17.3 Å². The van der Waals surface area contributed by atoms with Crippen molar-refractivity contribution in [2.75, 3.05) is 44.9 Å². The maximum absolute atomic E-state index is 11.8. The van der Waals surface area contributed by atoms with Crippen molar-refractivity contribution < 1.29 is 14.3 Å². The Morgan fingerprint density at radius 2 is 1.95 bits per heavy atom. The van der Waals surface area contributed by atoms with Crippen molar-refractivity contribution in [3.05, 3.63) is 23.8 Å². The van der Waals surface area contributed by atoms with Crippen LogP contribution < -0.4 is 10.6 Å². The standard InChI is InChI=1S/C14H21N3O3/c1-5-17(9-13(18)16(2)3)12-8-10(14(19)20-4)6-7-11(12)15/h6-8H,5,9,15H2,1-4H3. The van der Waals surface area contributed by atoms with Gasteiger partial charge in [0.15, 0.2) is 0 Å². The molecule has 0 bridgehead atoms. The summed E-state index contributed by atoms with van der Waals surface area (Å²) >= 11 is 0. The summed E-state index contributed by atoms with van der Waals surface area (Å²) < 4.78 is 4.69. The number of hydrogen-bond donors (Lipinski definition) is 1. The molecule has 0 saturated carbocycles. The lowest BCUT2D eigenvalue weighted by Gasteiger charge is -2.25. The number of carbonyl (C=O) groups excluding carboxylic acids is 2. The second kappa shape index (κ2) is 6.79. The first kappa shape index (κ1) is 15.8. The first-order valence-electron chi connectivity index (χ1n) is 6.33. The minimum Gasteiger partial charge on any atom is -0.465 e. The maximum atomic E-state index is 11.8. The Balaban J connectivity index is 3.08. The number of rotatable bonds is 5. The van der Waals surface area contributed by atoms with Crippen LogP contribution in [0.3, 0.4) is 0 Å². The number of nitrogens with zero attached hydrogens (tertiary/aromatic N) is 2. The number of methoxy groups -OCH3 is 1. The number of nitrogens with two attached hydrogens (primary N) is 1.